The van der Waals surface area contributed by atoms with Crippen molar-refractivity contribution in [1.29, 1.82) is 0 Å². The molecule has 0 radical (unpaired) electrons. The molecule has 0 saturated carbocycles. The van der Waals surface area contributed by atoms with E-state index in [-0.39, 0.29) is 17.4 Å². The van der Waals surface area contributed by atoms with Crippen LogP contribution in [0.4, 0.5) is 0 Å². The third-order valence-corrected chi connectivity index (χ3v) is 5.99. The fraction of sp³-hybridized carbons (Fsp3) is 0.462. The smallest absolute Gasteiger partial charge is 0.239 e. The van der Waals surface area contributed by atoms with Crippen molar-refractivity contribution in [3.8, 4) is 5.75 Å². The van der Waals surface area contributed by atoms with E-state index in [4.69, 9.17) is 9.15 Å². The Bertz CT molecular complexity index is 1000. The van der Waals surface area contributed by atoms with Gasteiger partial charge in [0.15, 0.2) is 5.76 Å². The quantitative estimate of drug-likeness (QED) is 0.525. The van der Waals surface area contributed by atoms with Crippen molar-refractivity contribution >= 4 is 11.7 Å². The zero-order chi connectivity index (χ0) is 24.1. The molecule has 1 aliphatic rings. The predicted octanol–water partition coefficient (Wildman–Crippen LogP) is 2.07. The second kappa shape index (κ2) is 10.7. The van der Waals surface area contributed by atoms with E-state index in [9.17, 15) is 14.7 Å². The molecule has 1 atom stereocenters. The molecular formula is C26H34N2O5. The van der Waals surface area contributed by atoms with E-state index >= 15 is 0 Å². The molecule has 0 spiro atoms. The molecule has 0 saturated heterocycles. The average molecular weight is 455 g/mol. The number of amides is 1. The average Bonchev–Trinajstić information content (AvgIpc) is 3.33. The summed E-state index contributed by atoms with van der Waals surface area (Å²) >= 11 is 0. The van der Waals surface area contributed by atoms with Gasteiger partial charge in [0.1, 0.15) is 11.5 Å². The molecule has 0 bridgehead atoms. The van der Waals surface area contributed by atoms with Gasteiger partial charge in [-0.15, -0.1) is 0 Å². The first-order valence-corrected chi connectivity index (χ1v) is 11.7. The molecule has 1 aliphatic heterocycles. The minimum atomic E-state index is -0.753. The number of carbonyl (C=O) groups excluding carboxylic acids is 2. The van der Waals surface area contributed by atoms with E-state index < -0.39 is 23.5 Å². The van der Waals surface area contributed by atoms with Gasteiger partial charge in [0.25, 0.3) is 0 Å². The van der Waals surface area contributed by atoms with Crippen molar-refractivity contribution < 1.29 is 28.7 Å². The molecule has 3 rings (SSSR count). The van der Waals surface area contributed by atoms with Crippen LogP contribution in [-0.2, 0) is 4.79 Å². The van der Waals surface area contributed by atoms with E-state index in [1.54, 1.807) is 31.2 Å². The number of furan rings is 1. The molecule has 1 aromatic heterocycles. The van der Waals surface area contributed by atoms with Gasteiger partial charge in [-0.1, -0.05) is 12.1 Å². The lowest BCUT2D eigenvalue weighted by molar-refractivity contribution is -0.896. The lowest BCUT2D eigenvalue weighted by Crippen LogP contribution is -3.11. The number of quaternary nitrogens is 1. The SMILES string of the molecule is CC[NH+](CC)CCCN1C(=O)C([O-])=C(C(=O)c2ccc(C)o2)C1c1ccc(OC(C)C)cc1. The van der Waals surface area contributed by atoms with Gasteiger partial charge in [0.05, 0.1) is 31.8 Å². The van der Waals surface area contributed by atoms with Gasteiger partial charge in [-0.2, -0.15) is 0 Å². The third-order valence-electron chi connectivity index (χ3n) is 5.99. The Labute approximate surface area is 195 Å². The topological polar surface area (TPSA) is 87.2 Å². The van der Waals surface area contributed by atoms with Crippen LogP contribution in [0.15, 0.2) is 52.1 Å². The van der Waals surface area contributed by atoms with Gasteiger partial charge in [0, 0.05) is 18.5 Å². The van der Waals surface area contributed by atoms with Crippen LogP contribution < -0.4 is 14.7 Å². The number of ketones is 1. The summed E-state index contributed by atoms with van der Waals surface area (Å²) in [6, 6.07) is 9.72. The molecule has 1 aromatic carbocycles. The van der Waals surface area contributed by atoms with Crippen molar-refractivity contribution in [3.63, 3.8) is 0 Å². The number of aryl methyl sites for hydroxylation is 1. The van der Waals surface area contributed by atoms with Crippen molar-refractivity contribution in [3.05, 3.63) is 64.8 Å². The lowest BCUT2D eigenvalue weighted by atomic mass is 9.95. The summed E-state index contributed by atoms with van der Waals surface area (Å²) in [5.74, 6) is -0.591. The fourth-order valence-electron chi connectivity index (χ4n) is 4.24. The van der Waals surface area contributed by atoms with E-state index in [0.717, 1.165) is 26.1 Å². The van der Waals surface area contributed by atoms with Crippen molar-refractivity contribution in [1.82, 2.24) is 4.90 Å². The molecule has 2 aromatic rings. The Morgan fingerprint density at radius 2 is 1.82 bits per heavy atom. The summed E-state index contributed by atoms with van der Waals surface area (Å²) in [6.07, 6.45) is 0.762. The normalized spacial score (nSPS) is 16.4. The maximum Gasteiger partial charge on any atom is 0.239 e. The summed E-state index contributed by atoms with van der Waals surface area (Å²) in [6.45, 7) is 13.2. The highest BCUT2D eigenvalue weighted by Gasteiger charge is 2.40. The number of hydrogen-bond acceptors (Lipinski definition) is 5. The summed E-state index contributed by atoms with van der Waals surface area (Å²) < 4.78 is 11.2. The van der Waals surface area contributed by atoms with Crippen molar-refractivity contribution in [2.24, 2.45) is 0 Å². The molecule has 1 amide bonds. The van der Waals surface area contributed by atoms with Crippen LogP contribution in [0.25, 0.3) is 0 Å². The maximum atomic E-state index is 13.3. The number of carbonyl (C=O) groups is 2. The predicted molar refractivity (Wildman–Crippen MR) is 123 cm³/mol. The van der Waals surface area contributed by atoms with Gasteiger partial charge >= 0.3 is 0 Å². The molecule has 0 aliphatic carbocycles. The molecule has 2 heterocycles. The molecule has 33 heavy (non-hydrogen) atoms. The third kappa shape index (κ3) is 5.47. The van der Waals surface area contributed by atoms with Crippen LogP contribution in [0.3, 0.4) is 0 Å². The van der Waals surface area contributed by atoms with Crippen LogP contribution >= 0.6 is 0 Å². The summed E-state index contributed by atoms with van der Waals surface area (Å²) in [5.41, 5.74) is 0.647. The largest absolute Gasteiger partial charge is 0.868 e. The minimum absolute atomic E-state index is 0.0236. The molecule has 7 heteroatoms. The number of nitrogens with one attached hydrogen (secondary N) is 1. The number of hydrogen-bond donors (Lipinski definition) is 1. The van der Waals surface area contributed by atoms with Crippen molar-refractivity contribution in [2.75, 3.05) is 26.2 Å². The Balaban J connectivity index is 1.94. The number of ether oxygens (including phenoxy) is 1. The first kappa shape index (κ1) is 24.6. The summed E-state index contributed by atoms with van der Waals surface area (Å²) in [5, 5.41) is 13.0. The number of Topliss-reactive ketones (excluding diaryl/α,β-unsaturated/α-hetero) is 1. The van der Waals surface area contributed by atoms with Gasteiger partial charge in [-0.05, 0) is 70.2 Å². The number of benzene rings is 1. The lowest BCUT2D eigenvalue weighted by Gasteiger charge is -2.28. The first-order chi connectivity index (χ1) is 15.8. The fourth-order valence-corrected chi connectivity index (χ4v) is 4.24. The Morgan fingerprint density at radius 1 is 1.15 bits per heavy atom. The van der Waals surface area contributed by atoms with Crippen LogP contribution in [0, 0.1) is 6.92 Å². The maximum absolute atomic E-state index is 13.3. The highest BCUT2D eigenvalue weighted by Crippen LogP contribution is 2.38. The second-order valence-electron chi connectivity index (χ2n) is 8.68. The highest BCUT2D eigenvalue weighted by atomic mass is 16.5. The van der Waals surface area contributed by atoms with E-state index in [1.165, 1.54) is 9.80 Å². The van der Waals surface area contributed by atoms with E-state index in [0.29, 0.717) is 23.6 Å². The summed E-state index contributed by atoms with van der Waals surface area (Å²) in [4.78, 5) is 29.2. The highest BCUT2D eigenvalue weighted by molar-refractivity contribution is 6.14. The van der Waals surface area contributed by atoms with Crippen LogP contribution in [0.5, 0.6) is 5.75 Å². The monoisotopic (exact) mass is 454 g/mol. The second-order valence-corrected chi connectivity index (χ2v) is 8.68. The molecule has 1 unspecified atom stereocenters. The van der Waals surface area contributed by atoms with Crippen molar-refractivity contribution in [2.45, 2.75) is 53.2 Å². The first-order valence-electron chi connectivity index (χ1n) is 11.7. The van der Waals surface area contributed by atoms with Crippen LogP contribution in [-0.4, -0.2) is 48.9 Å². The van der Waals surface area contributed by atoms with Gasteiger partial charge < -0.3 is 24.1 Å². The van der Waals surface area contributed by atoms with Gasteiger partial charge in [-0.3, -0.25) is 9.59 Å². The molecular weight excluding hydrogens is 420 g/mol. The Kier molecular flexibility index (Phi) is 7.97. The van der Waals surface area contributed by atoms with Gasteiger partial charge in [-0.25, -0.2) is 0 Å². The van der Waals surface area contributed by atoms with E-state index in [2.05, 4.69) is 13.8 Å². The number of rotatable bonds is 11. The van der Waals surface area contributed by atoms with E-state index in [1.807, 2.05) is 26.0 Å². The molecule has 178 valence electrons. The molecule has 0 fully saturated rings. The minimum Gasteiger partial charge on any atom is -0.868 e. The summed E-state index contributed by atoms with van der Waals surface area (Å²) in [7, 11) is 0. The zero-order valence-corrected chi connectivity index (χ0v) is 20.1. The number of nitrogens with zero attached hydrogens (tertiary/aromatic N) is 1. The molecule has 1 N–H and O–H groups in total. The van der Waals surface area contributed by atoms with Crippen LogP contribution in [0.2, 0.25) is 0 Å². The zero-order valence-electron chi connectivity index (χ0n) is 20.1. The Morgan fingerprint density at radius 3 is 2.36 bits per heavy atom. The standard InChI is InChI=1S/C26H34N2O5/c1-6-27(7-2)15-8-16-28-23(19-10-12-20(13-11-19)32-17(3)4)22(25(30)26(28)31)24(29)21-14-9-18(5)33-21/h9-14,17,23,30H,6-8,15-16H2,1-5H3. The molecule has 7 nitrogen and oxygen atoms in total. The van der Waals surface area contributed by atoms with Crippen LogP contribution in [0.1, 0.15) is 62.0 Å². The van der Waals surface area contributed by atoms with Gasteiger partial charge in [0.2, 0.25) is 11.7 Å². The Hall–Kier alpha value is -3.06.